The van der Waals surface area contributed by atoms with Gasteiger partial charge >= 0.3 is 0 Å². The van der Waals surface area contributed by atoms with Gasteiger partial charge in [-0.1, -0.05) is 12.1 Å². The molecule has 7 nitrogen and oxygen atoms in total. The SMILES string of the molecule is O=C(c1sc2ncccc2c1[C@H]1CN(Cc2cccnc2)CCO1)N1CCOCC1. The molecule has 0 aromatic carbocycles. The molecule has 1 atom stereocenters. The van der Waals surface area contributed by atoms with Gasteiger partial charge in [-0.2, -0.15) is 0 Å². The second kappa shape index (κ2) is 8.77. The zero-order chi connectivity index (χ0) is 20.3. The fourth-order valence-corrected chi connectivity index (χ4v) is 5.27. The number of carbonyl (C=O) groups excluding carboxylic acids is 1. The normalized spacial score (nSPS) is 20.5. The largest absolute Gasteiger partial charge is 0.378 e. The van der Waals surface area contributed by atoms with Crippen LogP contribution in [-0.4, -0.2) is 71.7 Å². The van der Waals surface area contributed by atoms with Gasteiger partial charge in [0.05, 0.1) is 25.9 Å². The monoisotopic (exact) mass is 424 g/mol. The number of aromatic nitrogens is 2. The number of thiophene rings is 1. The third-order valence-electron chi connectivity index (χ3n) is 5.60. The second-order valence-electron chi connectivity index (χ2n) is 7.56. The van der Waals surface area contributed by atoms with Crippen LogP contribution in [0.25, 0.3) is 10.2 Å². The molecule has 0 N–H and O–H groups in total. The predicted octanol–water partition coefficient (Wildman–Crippen LogP) is 2.74. The molecule has 5 rings (SSSR count). The summed E-state index contributed by atoms with van der Waals surface area (Å²) in [6.45, 7) is 5.47. The summed E-state index contributed by atoms with van der Waals surface area (Å²) in [5, 5.41) is 1.02. The topological polar surface area (TPSA) is 67.8 Å². The van der Waals surface area contributed by atoms with E-state index in [0.29, 0.717) is 32.9 Å². The molecule has 3 aromatic heterocycles. The van der Waals surface area contributed by atoms with E-state index in [0.717, 1.165) is 40.3 Å². The molecule has 2 aliphatic rings. The van der Waals surface area contributed by atoms with Crippen LogP contribution in [0.1, 0.15) is 26.9 Å². The van der Waals surface area contributed by atoms with E-state index < -0.39 is 0 Å². The Hall–Kier alpha value is -2.39. The third kappa shape index (κ3) is 3.96. The Morgan fingerprint density at radius 3 is 2.83 bits per heavy atom. The van der Waals surface area contributed by atoms with Gasteiger partial charge in [0.15, 0.2) is 0 Å². The van der Waals surface area contributed by atoms with Crippen LogP contribution in [0, 0.1) is 0 Å². The van der Waals surface area contributed by atoms with Crippen molar-refractivity contribution < 1.29 is 14.3 Å². The number of pyridine rings is 2. The highest BCUT2D eigenvalue weighted by molar-refractivity contribution is 7.20. The maximum absolute atomic E-state index is 13.4. The highest BCUT2D eigenvalue weighted by Crippen LogP contribution is 2.38. The smallest absolute Gasteiger partial charge is 0.264 e. The molecule has 2 saturated heterocycles. The minimum Gasteiger partial charge on any atom is -0.378 e. The van der Waals surface area contributed by atoms with Gasteiger partial charge in [-0.05, 0) is 17.7 Å². The van der Waals surface area contributed by atoms with Crippen molar-refractivity contribution in [2.24, 2.45) is 0 Å². The van der Waals surface area contributed by atoms with Crippen molar-refractivity contribution in [2.75, 3.05) is 46.0 Å². The van der Waals surface area contributed by atoms with Crippen LogP contribution in [0.4, 0.5) is 0 Å². The van der Waals surface area contributed by atoms with Crippen molar-refractivity contribution in [1.29, 1.82) is 0 Å². The molecule has 0 bridgehead atoms. The lowest BCUT2D eigenvalue weighted by Gasteiger charge is -2.34. The maximum Gasteiger partial charge on any atom is 0.264 e. The van der Waals surface area contributed by atoms with E-state index >= 15 is 0 Å². The molecule has 156 valence electrons. The Labute approximate surface area is 179 Å². The number of hydrogen-bond acceptors (Lipinski definition) is 7. The summed E-state index contributed by atoms with van der Waals surface area (Å²) in [7, 11) is 0. The predicted molar refractivity (Wildman–Crippen MR) is 115 cm³/mol. The number of carbonyl (C=O) groups is 1. The first-order valence-electron chi connectivity index (χ1n) is 10.3. The molecule has 2 aliphatic heterocycles. The van der Waals surface area contributed by atoms with Crippen molar-refractivity contribution in [3.8, 4) is 0 Å². The summed E-state index contributed by atoms with van der Waals surface area (Å²) in [5.74, 6) is 0.0595. The van der Waals surface area contributed by atoms with Crippen molar-refractivity contribution in [3.63, 3.8) is 0 Å². The Kier molecular flexibility index (Phi) is 5.72. The van der Waals surface area contributed by atoms with Crippen molar-refractivity contribution in [1.82, 2.24) is 19.8 Å². The molecular weight excluding hydrogens is 400 g/mol. The molecule has 2 fully saturated rings. The van der Waals surface area contributed by atoms with Crippen LogP contribution < -0.4 is 0 Å². The first kappa shape index (κ1) is 19.6. The average molecular weight is 425 g/mol. The summed E-state index contributed by atoms with van der Waals surface area (Å²) in [6.07, 6.45) is 5.32. The minimum absolute atomic E-state index is 0.0595. The minimum atomic E-state index is -0.159. The second-order valence-corrected chi connectivity index (χ2v) is 8.56. The summed E-state index contributed by atoms with van der Waals surface area (Å²) >= 11 is 1.47. The highest BCUT2D eigenvalue weighted by atomic mass is 32.1. The van der Waals surface area contributed by atoms with Crippen molar-refractivity contribution in [3.05, 3.63) is 58.9 Å². The Morgan fingerprint density at radius 1 is 1.13 bits per heavy atom. The molecule has 1 amide bonds. The molecular formula is C22H24N4O3S. The van der Waals surface area contributed by atoms with E-state index in [1.54, 1.807) is 12.4 Å². The van der Waals surface area contributed by atoms with E-state index in [2.05, 4.69) is 20.9 Å². The van der Waals surface area contributed by atoms with Crippen LogP contribution >= 0.6 is 11.3 Å². The van der Waals surface area contributed by atoms with E-state index in [4.69, 9.17) is 9.47 Å². The van der Waals surface area contributed by atoms with Gasteiger partial charge in [-0.25, -0.2) is 4.98 Å². The summed E-state index contributed by atoms with van der Waals surface area (Å²) in [5.41, 5.74) is 2.16. The van der Waals surface area contributed by atoms with Gasteiger partial charge in [-0.3, -0.25) is 14.7 Å². The van der Waals surface area contributed by atoms with E-state index in [-0.39, 0.29) is 12.0 Å². The quantitative estimate of drug-likeness (QED) is 0.642. The lowest BCUT2D eigenvalue weighted by molar-refractivity contribution is -0.0325. The number of morpholine rings is 2. The van der Waals surface area contributed by atoms with Crippen LogP contribution in [-0.2, 0) is 16.0 Å². The lowest BCUT2D eigenvalue weighted by atomic mass is 10.0. The fourth-order valence-electron chi connectivity index (χ4n) is 4.11. The van der Waals surface area contributed by atoms with Gasteiger partial charge in [0.2, 0.25) is 0 Å². The van der Waals surface area contributed by atoms with Gasteiger partial charge in [-0.15, -0.1) is 11.3 Å². The van der Waals surface area contributed by atoms with Gasteiger partial charge < -0.3 is 14.4 Å². The highest BCUT2D eigenvalue weighted by Gasteiger charge is 2.32. The first-order chi connectivity index (χ1) is 14.8. The molecule has 0 saturated carbocycles. The fraction of sp³-hybridized carbons (Fsp3) is 0.409. The molecule has 5 heterocycles. The summed E-state index contributed by atoms with van der Waals surface area (Å²) in [4.78, 5) is 28.0. The van der Waals surface area contributed by atoms with E-state index in [1.165, 1.54) is 16.9 Å². The number of ether oxygens (including phenoxy) is 2. The molecule has 3 aromatic rings. The first-order valence-corrected chi connectivity index (χ1v) is 11.1. The Morgan fingerprint density at radius 2 is 2.00 bits per heavy atom. The molecule has 0 spiro atoms. The van der Waals surface area contributed by atoms with Crippen LogP contribution in [0.5, 0.6) is 0 Å². The Balaban J connectivity index is 1.45. The third-order valence-corrected chi connectivity index (χ3v) is 6.72. The molecule has 0 unspecified atom stereocenters. The number of fused-ring (bicyclic) bond motifs is 1. The number of amides is 1. The lowest BCUT2D eigenvalue weighted by Crippen LogP contribution is -2.41. The number of nitrogens with zero attached hydrogens (tertiary/aromatic N) is 4. The molecule has 0 radical (unpaired) electrons. The van der Waals surface area contributed by atoms with Gasteiger partial charge in [0, 0.05) is 62.3 Å². The van der Waals surface area contributed by atoms with Crippen LogP contribution in [0.15, 0.2) is 42.9 Å². The van der Waals surface area contributed by atoms with E-state index in [1.807, 2.05) is 29.3 Å². The molecule has 0 aliphatic carbocycles. The standard InChI is InChI=1S/C22H24N4O3S/c27-22(26-8-10-28-11-9-26)20-19(17-4-2-6-24-21(17)30-20)18-15-25(7-12-29-18)14-16-3-1-5-23-13-16/h1-6,13,18H,7-12,14-15H2/t18-/m1/s1. The summed E-state index contributed by atoms with van der Waals surface area (Å²) < 4.78 is 11.6. The van der Waals surface area contributed by atoms with Gasteiger partial charge in [0.1, 0.15) is 9.71 Å². The maximum atomic E-state index is 13.4. The number of rotatable bonds is 4. The van der Waals surface area contributed by atoms with Crippen molar-refractivity contribution >= 4 is 27.5 Å². The number of hydrogen-bond donors (Lipinski definition) is 0. The summed E-state index contributed by atoms with van der Waals surface area (Å²) in [6, 6.07) is 8.03. The van der Waals surface area contributed by atoms with Gasteiger partial charge in [0.25, 0.3) is 5.91 Å². The molecule has 8 heteroatoms. The average Bonchev–Trinajstić information content (AvgIpc) is 3.20. The van der Waals surface area contributed by atoms with Crippen LogP contribution in [0.2, 0.25) is 0 Å². The van der Waals surface area contributed by atoms with E-state index in [9.17, 15) is 4.79 Å². The zero-order valence-corrected chi connectivity index (χ0v) is 17.5. The van der Waals surface area contributed by atoms with Crippen molar-refractivity contribution in [2.45, 2.75) is 12.6 Å². The van der Waals surface area contributed by atoms with Crippen LogP contribution in [0.3, 0.4) is 0 Å². The zero-order valence-electron chi connectivity index (χ0n) is 16.7. The molecule has 30 heavy (non-hydrogen) atoms. The Bertz CT molecular complexity index is 1020.